The van der Waals surface area contributed by atoms with Crippen LogP contribution in [-0.4, -0.2) is 12.1 Å². The molecule has 0 saturated heterocycles. The average molecular weight is 266 g/mol. The molecule has 0 saturated carbocycles. The Hall–Kier alpha value is -1.53. The Morgan fingerprint density at radius 2 is 2.11 bits per heavy atom. The van der Waals surface area contributed by atoms with E-state index in [0.29, 0.717) is 10.6 Å². The molecule has 18 heavy (non-hydrogen) atoms. The molecule has 0 N–H and O–H groups in total. The fourth-order valence-corrected chi connectivity index (χ4v) is 1.37. The van der Waals surface area contributed by atoms with Crippen molar-refractivity contribution in [3.8, 4) is 6.07 Å². The third-order valence-corrected chi connectivity index (χ3v) is 3.40. The first-order chi connectivity index (χ1) is 8.27. The lowest BCUT2D eigenvalue weighted by molar-refractivity contribution is 0.0129. The predicted octanol–water partition coefficient (Wildman–Crippen LogP) is 3.74. The quantitative estimate of drug-likeness (QED) is 0.782. The van der Waals surface area contributed by atoms with Crippen LogP contribution in [-0.2, 0) is 4.74 Å². The molecule has 0 aliphatic rings. The second-order valence-corrected chi connectivity index (χ2v) is 5.25. The molecule has 0 amide bonds. The second kappa shape index (κ2) is 5.41. The summed E-state index contributed by atoms with van der Waals surface area (Å²) < 4.78 is 5.27. The normalized spacial score (nSPS) is 12.7. The number of halogens is 1. The van der Waals surface area contributed by atoms with Crippen molar-refractivity contribution in [1.29, 1.82) is 5.26 Å². The summed E-state index contributed by atoms with van der Waals surface area (Å²) in [6, 6.07) is 7.12. The molecule has 1 rings (SSSR count). The fraction of sp³-hybridized carbons (Fsp3) is 0.429. The van der Waals surface area contributed by atoms with Gasteiger partial charge in [-0.15, -0.1) is 0 Å². The van der Waals surface area contributed by atoms with E-state index in [1.54, 1.807) is 39.0 Å². The number of nitrogens with zero attached hydrogens (tertiary/aromatic N) is 1. The number of carbonyl (C=O) groups is 1. The number of carbonyl (C=O) groups excluding carboxylic acids is 1. The van der Waals surface area contributed by atoms with E-state index in [-0.39, 0.29) is 0 Å². The van der Waals surface area contributed by atoms with E-state index >= 15 is 0 Å². The number of ether oxygens (including phenoxy) is 1. The minimum Gasteiger partial charge on any atom is -0.457 e. The van der Waals surface area contributed by atoms with Gasteiger partial charge in [0.15, 0.2) is 0 Å². The Morgan fingerprint density at radius 3 is 2.61 bits per heavy atom. The highest BCUT2D eigenvalue weighted by Crippen LogP contribution is 2.24. The molecule has 0 spiro atoms. The predicted molar refractivity (Wildman–Crippen MR) is 70.5 cm³/mol. The second-order valence-electron chi connectivity index (χ2n) is 4.84. The van der Waals surface area contributed by atoms with Crippen LogP contribution in [0, 0.1) is 23.7 Å². The number of rotatable bonds is 3. The minimum absolute atomic E-state index is 0.395. The van der Waals surface area contributed by atoms with Crippen LogP contribution in [0.2, 0.25) is 5.02 Å². The first-order valence-corrected chi connectivity index (χ1v) is 6.04. The summed E-state index contributed by atoms with van der Waals surface area (Å²) >= 11 is 5.95. The van der Waals surface area contributed by atoms with Crippen LogP contribution in [0.15, 0.2) is 18.2 Å². The highest BCUT2D eigenvalue weighted by atomic mass is 35.5. The maximum atomic E-state index is 11.9. The fourth-order valence-electron chi connectivity index (χ4n) is 1.19. The Bertz CT molecular complexity index is 503. The van der Waals surface area contributed by atoms with Gasteiger partial charge in [0.1, 0.15) is 6.10 Å². The van der Waals surface area contributed by atoms with E-state index < -0.39 is 17.5 Å². The van der Waals surface area contributed by atoms with Gasteiger partial charge >= 0.3 is 5.97 Å². The third kappa shape index (κ3) is 3.24. The summed E-state index contributed by atoms with van der Waals surface area (Å²) in [5.41, 5.74) is 0.578. The Labute approximate surface area is 112 Å². The van der Waals surface area contributed by atoms with Crippen molar-refractivity contribution in [3.05, 3.63) is 34.3 Å². The Kier molecular flexibility index (Phi) is 4.37. The highest BCUT2D eigenvalue weighted by molar-refractivity contribution is 6.31. The molecule has 4 heteroatoms. The lowest BCUT2D eigenvalue weighted by atomic mass is 9.89. The van der Waals surface area contributed by atoms with Crippen LogP contribution in [0.3, 0.4) is 0 Å². The van der Waals surface area contributed by atoms with Crippen LogP contribution in [0.5, 0.6) is 0 Å². The van der Waals surface area contributed by atoms with Gasteiger partial charge in [0.25, 0.3) is 0 Å². The first kappa shape index (κ1) is 14.5. The van der Waals surface area contributed by atoms with E-state index in [4.69, 9.17) is 21.6 Å². The Balaban J connectivity index is 2.84. The third-order valence-electron chi connectivity index (χ3n) is 3.00. The molecule has 0 aliphatic heterocycles. The maximum Gasteiger partial charge on any atom is 0.338 e. The lowest BCUT2D eigenvalue weighted by Gasteiger charge is -2.24. The van der Waals surface area contributed by atoms with Crippen molar-refractivity contribution >= 4 is 17.6 Å². The van der Waals surface area contributed by atoms with E-state index in [0.717, 1.165) is 5.56 Å². The number of esters is 1. The van der Waals surface area contributed by atoms with Crippen molar-refractivity contribution in [3.63, 3.8) is 0 Å². The molecule has 1 aromatic rings. The van der Waals surface area contributed by atoms with Gasteiger partial charge in [-0.25, -0.2) is 4.79 Å². The molecule has 0 unspecified atom stereocenters. The van der Waals surface area contributed by atoms with Gasteiger partial charge in [0.2, 0.25) is 0 Å². The van der Waals surface area contributed by atoms with Gasteiger partial charge in [0.05, 0.1) is 17.0 Å². The SMILES string of the molecule is Cc1ccc(C(=O)O[C@H](C)C(C)(C)C#N)cc1Cl. The smallest absolute Gasteiger partial charge is 0.338 e. The molecule has 3 nitrogen and oxygen atoms in total. The number of hydrogen-bond donors (Lipinski definition) is 0. The van der Waals surface area contributed by atoms with Gasteiger partial charge in [0, 0.05) is 5.02 Å². The molecule has 0 fully saturated rings. The van der Waals surface area contributed by atoms with Gasteiger partial charge in [-0.05, 0) is 45.4 Å². The number of hydrogen-bond acceptors (Lipinski definition) is 3. The average Bonchev–Trinajstić information content (AvgIpc) is 2.32. The molecular weight excluding hydrogens is 250 g/mol. The molecule has 96 valence electrons. The van der Waals surface area contributed by atoms with Crippen molar-refractivity contribution in [1.82, 2.24) is 0 Å². The molecule has 0 heterocycles. The van der Waals surface area contributed by atoms with Crippen LogP contribution in [0.4, 0.5) is 0 Å². The largest absolute Gasteiger partial charge is 0.457 e. The standard InChI is InChI=1S/C14H16ClNO2/c1-9-5-6-11(7-12(9)15)13(17)18-10(2)14(3,4)8-16/h5-7,10H,1-4H3/t10-/m1/s1. The summed E-state index contributed by atoms with van der Waals surface area (Å²) in [5, 5.41) is 9.49. The Morgan fingerprint density at radius 1 is 1.50 bits per heavy atom. The molecule has 0 aromatic heterocycles. The summed E-state index contributed by atoms with van der Waals surface area (Å²) in [7, 11) is 0. The zero-order chi connectivity index (χ0) is 13.9. The number of aryl methyl sites for hydroxylation is 1. The monoisotopic (exact) mass is 265 g/mol. The van der Waals surface area contributed by atoms with Gasteiger partial charge in [-0.2, -0.15) is 5.26 Å². The van der Waals surface area contributed by atoms with E-state index in [1.807, 2.05) is 6.92 Å². The summed E-state index contributed by atoms with van der Waals surface area (Å²) in [5.74, 6) is -0.465. The zero-order valence-corrected chi connectivity index (χ0v) is 11.7. The van der Waals surface area contributed by atoms with Gasteiger partial charge < -0.3 is 4.74 Å². The summed E-state index contributed by atoms with van der Waals surface area (Å²) in [6.07, 6.45) is -0.491. The molecular formula is C14H16ClNO2. The van der Waals surface area contributed by atoms with Gasteiger partial charge in [-0.1, -0.05) is 17.7 Å². The number of benzene rings is 1. The molecule has 0 aliphatic carbocycles. The topological polar surface area (TPSA) is 50.1 Å². The van der Waals surface area contributed by atoms with Crippen LogP contribution in [0.1, 0.15) is 36.7 Å². The van der Waals surface area contributed by atoms with Crippen molar-refractivity contribution in [2.24, 2.45) is 5.41 Å². The van der Waals surface area contributed by atoms with Crippen LogP contribution in [0.25, 0.3) is 0 Å². The molecule has 0 bridgehead atoms. The van der Waals surface area contributed by atoms with Crippen LogP contribution >= 0.6 is 11.6 Å². The zero-order valence-electron chi connectivity index (χ0n) is 11.0. The summed E-state index contributed by atoms with van der Waals surface area (Å²) in [4.78, 5) is 11.9. The molecule has 1 aromatic carbocycles. The van der Waals surface area contributed by atoms with Crippen molar-refractivity contribution < 1.29 is 9.53 Å². The lowest BCUT2D eigenvalue weighted by Crippen LogP contribution is -2.30. The molecule has 1 atom stereocenters. The van der Waals surface area contributed by atoms with E-state index in [1.165, 1.54) is 0 Å². The molecule has 0 radical (unpaired) electrons. The maximum absolute atomic E-state index is 11.9. The first-order valence-electron chi connectivity index (χ1n) is 5.66. The van der Waals surface area contributed by atoms with Crippen molar-refractivity contribution in [2.45, 2.75) is 33.8 Å². The van der Waals surface area contributed by atoms with E-state index in [9.17, 15) is 4.79 Å². The summed E-state index contributed by atoms with van der Waals surface area (Å²) in [6.45, 7) is 7.02. The van der Waals surface area contributed by atoms with Crippen molar-refractivity contribution in [2.75, 3.05) is 0 Å². The highest BCUT2D eigenvalue weighted by Gasteiger charge is 2.29. The minimum atomic E-state index is -0.718. The number of nitriles is 1. The van der Waals surface area contributed by atoms with Crippen LogP contribution < -0.4 is 0 Å². The van der Waals surface area contributed by atoms with Gasteiger partial charge in [-0.3, -0.25) is 0 Å². The van der Waals surface area contributed by atoms with E-state index in [2.05, 4.69) is 6.07 Å².